The van der Waals surface area contributed by atoms with Crippen molar-refractivity contribution in [3.63, 3.8) is 0 Å². The normalized spacial score (nSPS) is 19.4. The summed E-state index contributed by atoms with van der Waals surface area (Å²) in [5, 5.41) is 2.15. The highest BCUT2D eigenvalue weighted by Gasteiger charge is 2.25. The van der Waals surface area contributed by atoms with Gasteiger partial charge in [0.25, 0.3) is 0 Å². The lowest BCUT2D eigenvalue weighted by Gasteiger charge is -2.33. The molecule has 1 aliphatic rings. The molecule has 0 bridgehead atoms. The van der Waals surface area contributed by atoms with Crippen molar-refractivity contribution in [2.24, 2.45) is 0 Å². The zero-order chi connectivity index (χ0) is 13.4. The SMILES string of the molecule is CC1c2ccsc2CCN1Cc1cc(F)ccc1N. The zero-order valence-corrected chi connectivity index (χ0v) is 11.7. The Balaban J connectivity index is 1.83. The Bertz CT molecular complexity index is 594. The minimum Gasteiger partial charge on any atom is -0.398 e. The van der Waals surface area contributed by atoms with Gasteiger partial charge in [0.2, 0.25) is 0 Å². The standard InChI is InChI=1S/C15H17FN2S/c1-10-13-5-7-19-15(13)4-6-18(10)9-11-8-12(16)2-3-14(11)17/h2-3,5,7-8,10H,4,6,9,17H2,1H3. The maximum absolute atomic E-state index is 13.3. The number of nitrogen functional groups attached to an aromatic ring is 1. The van der Waals surface area contributed by atoms with Crippen LogP contribution in [0.3, 0.4) is 0 Å². The maximum atomic E-state index is 13.3. The van der Waals surface area contributed by atoms with Crippen molar-refractivity contribution in [2.45, 2.75) is 25.9 Å². The fourth-order valence-corrected chi connectivity index (χ4v) is 3.67. The largest absolute Gasteiger partial charge is 0.398 e. The predicted octanol–water partition coefficient (Wildman–Crippen LogP) is 3.59. The number of rotatable bonds is 2. The molecule has 2 nitrogen and oxygen atoms in total. The first-order chi connectivity index (χ1) is 9.15. The summed E-state index contributed by atoms with van der Waals surface area (Å²) >= 11 is 1.83. The first-order valence-electron chi connectivity index (χ1n) is 6.49. The quantitative estimate of drug-likeness (QED) is 0.849. The molecule has 1 aromatic carbocycles. The van der Waals surface area contributed by atoms with Gasteiger partial charge >= 0.3 is 0 Å². The molecule has 0 aliphatic carbocycles. The van der Waals surface area contributed by atoms with Gasteiger partial charge < -0.3 is 5.73 Å². The van der Waals surface area contributed by atoms with Crippen LogP contribution in [0.1, 0.15) is 29.0 Å². The fraction of sp³-hybridized carbons (Fsp3) is 0.333. The number of nitrogens with two attached hydrogens (primary N) is 1. The van der Waals surface area contributed by atoms with Crippen LogP contribution in [0.15, 0.2) is 29.6 Å². The van der Waals surface area contributed by atoms with Crippen molar-refractivity contribution in [1.82, 2.24) is 4.90 Å². The second-order valence-corrected chi connectivity index (χ2v) is 6.04. The van der Waals surface area contributed by atoms with Gasteiger partial charge in [0.1, 0.15) is 5.82 Å². The third-order valence-electron chi connectivity index (χ3n) is 3.88. The maximum Gasteiger partial charge on any atom is 0.123 e. The summed E-state index contributed by atoms with van der Waals surface area (Å²) in [5.74, 6) is -0.218. The van der Waals surface area contributed by atoms with Crippen LogP contribution in [0.5, 0.6) is 0 Å². The Morgan fingerprint density at radius 3 is 3.11 bits per heavy atom. The summed E-state index contributed by atoms with van der Waals surface area (Å²) in [6, 6.07) is 7.18. The molecular formula is C15H17FN2S. The molecule has 3 rings (SSSR count). The average molecular weight is 276 g/mol. The lowest BCUT2D eigenvalue weighted by molar-refractivity contribution is 0.191. The molecule has 100 valence electrons. The fourth-order valence-electron chi connectivity index (χ4n) is 2.71. The molecule has 4 heteroatoms. The number of fused-ring (bicyclic) bond motifs is 1. The number of hydrogen-bond acceptors (Lipinski definition) is 3. The molecule has 0 spiro atoms. The van der Waals surface area contributed by atoms with Gasteiger partial charge in [-0.15, -0.1) is 11.3 Å². The van der Waals surface area contributed by atoms with Crippen LogP contribution in [0, 0.1) is 5.82 Å². The summed E-state index contributed by atoms with van der Waals surface area (Å²) in [6.45, 7) is 3.92. The smallest absolute Gasteiger partial charge is 0.123 e. The molecule has 1 atom stereocenters. The summed E-state index contributed by atoms with van der Waals surface area (Å²) in [6.07, 6.45) is 1.08. The van der Waals surface area contributed by atoms with E-state index in [1.807, 2.05) is 11.3 Å². The summed E-state index contributed by atoms with van der Waals surface area (Å²) < 4.78 is 13.3. The van der Waals surface area contributed by atoms with Gasteiger partial charge in [-0.1, -0.05) is 0 Å². The lowest BCUT2D eigenvalue weighted by atomic mass is 10.0. The van der Waals surface area contributed by atoms with Gasteiger partial charge in [-0.25, -0.2) is 4.39 Å². The lowest BCUT2D eigenvalue weighted by Crippen LogP contribution is -2.32. The molecule has 1 aliphatic heterocycles. The molecule has 1 aromatic heterocycles. The summed E-state index contributed by atoms with van der Waals surface area (Å²) in [7, 11) is 0. The predicted molar refractivity (Wildman–Crippen MR) is 77.7 cm³/mol. The number of halogens is 1. The van der Waals surface area contributed by atoms with Gasteiger partial charge in [-0.3, -0.25) is 4.90 Å². The van der Waals surface area contributed by atoms with Crippen molar-refractivity contribution in [2.75, 3.05) is 12.3 Å². The van der Waals surface area contributed by atoms with Gasteiger partial charge in [0, 0.05) is 29.7 Å². The first kappa shape index (κ1) is 12.6. The second kappa shape index (κ2) is 4.94. The van der Waals surface area contributed by atoms with Crippen molar-refractivity contribution in [3.05, 3.63) is 51.5 Å². The molecule has 0 fully saturated rings. The van der Waals surface area contributed by atoms with E-state index in [4.69, 9.17) is 5.73 Å². The number of benzene rings is 1. The average Bonchev–Trinajstić information content (AvgIpc) is 2.86. The Kier molecular flexibility index (Phi) is 3.29. The van der Waals surface area contributed by atoms with E-state index in [-0.39, 0.29) is 5.82 Å². The number of nitrogens with zero attached hydrogens (tertiary/aromatic N) is 1. The van der Waals surface area contributed by atoms with Crippen molar-refractivity contribution in [1.29, 1.82) is 0 Å². The van der Waals surface area contributed by atoms with Crippen LogP contribution < -0.4 is 5.73 Å². The Morgan fingerprint density at radius 2 is 2.26 bits per heavy atom. The Morgan fingerprint density at radius 1 is 1.42 bits per heavy atom. The minimum absolute atomic E-state index is 0.218. The van der Waals surface area contributed by atoms with Gasteiger partial charge in [-0.2, -0.15) is 0 Å². The monoisotopic (exact) mass is 276 g/mol. The molecule has 0 saturated carbocycles. The van der Waals surface area contributed by atoms with Crippen LogP contribution in [-0.4, -0.2) is 11.4 Å². The van der Waals surface area contributed by atoms with E-state index < -0.39 is 0 Å². The highest BCUT2D eigenvalue weighted by atomic mass is 32.1. The van der Waals surface area contributed by atoms with Gasteiger partial charge in [0.05, 0.1) is 0 Å². The first-order valence-corrected chi connectivity index (χ1v) is 7.37. The van der Waals surface area contributed by atoms with Gasteiger partial charge in [-0.05, 0) is 54.1 Å². The van der Waals surface area contributed by atoms with E-state index in [2.05, 4.69) is 23.3 Å². The minimum atomic E-state index is -0.218. The zero-order valence-electron chi connectivity index (χ0n) is 10.9. The summed E-state index contributed by atoms with van der Waals surface area (Å²) in [5.41, 5.74) is 8.90. The Labute approximate surface area is 116 Å². The molecule has 2 N–H and O–H groups in total. The van der Waals surface area contributed by atoms with Crippen LogP contribution in [0.25, 0.3) is 0 Å². The molecule has 0 radical (unpaired) electrons. The summed E-state index contributed by atoms with van der Waals surface area (Å²) in [4.78, 5) is 3.84. The van der Waals surface area contributed by atoms with E-state index >= 15 is 0 Å². The number of thiophene rings is 1. The van der Waals surface area contributed by atoms with Crippen LogP contribution in [0.4, 0.5) is 10.1 Å². The molecule has 19 heavy (non-hydrogen) atoms. The van der Waals surface area contributed by atoms with Crippen molar-refractivity contribution < 1.29 is 4.39 Å². The third-order valence-corrected chi connectivity index (χ3v) is 4.88. The second-order valence-electron chi connectivity index (χ2n) is 5.04. The van der Waals surface area contributed by atoms with Crippen LogP contribution in [0.2, 0.25) is 0 Å². The van der Waals surface area contributed by atoms with Gasteiger partial charge in [0.15, 0.2) is 0 Å². The van der Waals surface area contributed by atoms with E-state index in [0.29, 0.717) is 18.3 Å². The molecule has 2 aromatic rings. The molecular weight excluding hydrogens is 259 g/mol. The molecule has 0 saturated heterocycles. The van der Waals surface area contributed by atoms with Crippen LogP contribution >= 0.6 is 11.3 Å². The van der Waals surface area contributed by atoms with E-state index in [1.54, 1.807) is 12.1 Å². The van der Waals surface area contributed by atoms with Crippen LogP contribution in [-0.2, 0) is 13.0 Å². The highest BCUT2D eigenvalue weighted by molar-refractivity contribution is 7.10. The molecule has 0 amide bonds. The van der Waals surface area contributed by atoms with E-state index in [9.17, 15) is 4.39 Å². The number of anilines is 1. The van der Waals surface area contributed by atoms with E-state index in [1.165, 1.54) is 16.5 Å². The molecule has 2 heterocycles. The van der Waals surface area contributed by atoms with Crippen molar-refractivity contribution >= 4 is 17.0 Å². The Hall–Kier alpha value is -1.39. The number of hydrogen-bond donors (Lipinski definition) is 1. The van der Waals surface area contributed by atoms with E-state index in [0.717, 1.165) is 18.5 Å². The topological polar surface area (TPSA) is 29.3 Å². The molecule has 1 unspecified atom stereocenters. The van der Waals surface area contributed by atoms with Crippen molar-refractivity contribution in [3.8, 4) is 0 Å². The highest BCUT2D eigenvalue weighted by Crippen LogP contribution is 2.34. The third kappa shape index (κ3) is 2.38.